The largest absolute Gasteiger partial charge is 0.385 e. The quantitative estimate of drug-likeness (QED) is 0.784. The Morgan fingerprint density at radius 2 is 2.38 bits per heavy atom. The molecule has 1 aromatic heterocycles. The molecule has 13 heavy (non-hydrogen) atoms. The van der Waals surface area contributed by atoms with Crippen molar-refractivity contribution in [1.82, 2.24) is 4.98 Å². The van der Waals surface area contributed by atoms with E-state index in [4.69, 9.17) is 0 Å². The van der Waals surface area contributed by atoms with Crippen molar-refractivity contribution in [3.05, 3.63) is 24.0 Å². The van der Waals surface area contributed by atoms with E-state index in [1.807, 2.05) is 12.3 Å². The Bertz CT molecular complexity index is 250. The highest BCUT2D eigenvalue weighted by Crippen LogP contribution is 2.11. The molecule has 0 amide bonds. The van der Waals surface area contributed by atoms with Crippen LogP contribution in [0, 0.1) is 0 Å². The fourth-order valence-electron chi connectivity index (χ4n) is 1.08. The lowest BCUT2D eigenvalue weighted by molar-refractivity contribution is 0.977. The van der Waals surface area contributed by atoms with Crippen LogP contribution < -0.4 is 5.32 Å². The fraction of sp³-hybridized carbons (Fsp3) is 0.500. The van der Waals surface area contributed by atoms with E-state index in [0.717, 1.165) is 24.4 Å². The molecule has 0 bridgehead atoms. The molecule has 0 aliphatic carbocycles. The van der Waals surface area contributed by atoms with Crippen molar-refractivity contribution in [3.8, 4) is 0 Å². The monoisotopic (exact) mass is 196 g/mol. The van der Waals surface area contributed by atoms with Crippen LogP contribution in [0.15, 0.2) is 18.3 Å². The van der Waals surface area contributed by atoms with Crippen LogP contribution in [-0.4, -0.2) is 17.8 Å². The molecule has 0 fully saturated rings. The van der Waals surface area contributed by atoms with Crippen molar-refractivity contribution in [3.63, 3.8) is 0 Å². The van der Waals surface area contributed by atoms with Gasteiger partial charge in [-0.3, -0.25) is 4.98 Å². The van der Waals surface area contributed by atoms with Gasteiger partial charge < -0.3 is 5.32 Å². The molecule has 0 radical (unpaired) electrons. The minimum absolute atomic E-state index is 0.988. The molecule has 1 heterocycles. The molecule has 2 nitrogen and oxygen atoms in total. The Hall–Kier alpha value is -0.700. The zero-order valence-electron chi connectivity index (χ0n) is 8.21. The minimum Gasteiger partial charge on any atom is -0.385 e. The molecule has 0 saturated carbocycles. The van der Waals surface area contributed by atoms with Gasteiger partial charge in [0.05, 0.1) is 5.69 Å². The van der Waals surface area contributed by atoms with Crippen LogP contribution >= 0.6 is 11.8 Å². The van der Waals surface area contributed by atoms with Gasteiger partial charge in [-0.1, -0.05) is 6.92 Å². The third-order valence-corrected chi connectivity index (χ3v) is 2.27. The predicted molar refractivity (Wildman–Crippen MR) is 60.2 cm³/mol. The zero-order chi connectivity index (χ0) is 9.52. The summed E-state index contributed by atoms with van der Waals surface area (Å²) < 4.78 is 0. The van der Waals surface area contributed by atoms with Crippen molar-refractivity contribution in [2.75, 3.05) is 18.1 Å². The average Bonchev–Trinajstić information content (AvgIpc) is 2.16. The Balaban J connectivity index is 2.56. The van der Waals surface area contributed by atoms with Gasteiger partial charge in [-0.05, 0) is 24.8 Å². The van der Waals surface area contributed by atoms with Gasteiger partial charge in [-0.25, -0.2) is 0 Å². The lowest BCUT2D eigenvalue weighted by Gasteiger charge is -2.05. The lowest BCUT2D eigenvalue weighted by Crippen LogP contribution is -2.00. The van der Waals surface area contributed by atoms with Gasteiger partial charge in [-0.15, -0.1) is 0 Å². The molecule has 1 aromatic rings. The number of nitrogens with one attached hydrogen (secondary N) is 1. The summed E-state index contributed by atoms with van der Waals surface area (Å²) in [6.07, 6.45) is 5.11. The number of anilines is 1. The molecular weight excluding hydrogens is 180 g/mol. The van der Waals surface area contributed by atoms with E-state index in [2.05, 4.69) is 29.5 Å². The highest BCUT2D eigenvalue weighted by atomic mass is 32.2. The van der Waals surface area contributed by atoms with Crippen molar-refractivity contribution < 1.29 is 0 Å². The average molecular weight is 196 g/mol. The Morgan fingerprint density at radius 3 is 3.08 bits per heavy atom. The summed E-state index contributed by atoms with van der Waals surface area (Å²) in [6.45, 7) is 3.19. The number of rotatable bonds is 5. The fourth-order valence-corrected chi connectivity index (χ4v) is 1.54. The van der Waals surface area contributed by atoms with Crippen molar-refractivity contribution in [1.29, 1.82) is 0 Å². The SMILES string of the molecule is CCCNc1ccnc(CSC)c1. The van der Waals surface area contributed by atoms with Gasteiger partial charge in [0.25, 0.3) is 0 Å². The first-order chi connectivity index (χ1) is 6.36. The van der Waals surface area contributed by atoms with Crippen LogP contribution in [0.2, 0.25) is 0 Å². The first-order valence-corrected chi connectivity index (χ1v) is 5.94. The van der Waals surface area contributed by atoms with E-state index in [1.165, 1.54) is 5.69 Å². The van der Waals surface area contributed by atoms with E-state index in [9.17, 15) is 0 Å². The topological polar surface area (TPSA) is 24.9 Å². The second-order valence-corrected chi connectivity index (χ2v) is 3.76. The van der Waals surface area contributed by atoms with Crippen LogP contribution in [0.3, 0.4) is 0 Å². The van der Waals surface area contributed by atoms with E-state index in [1.54, 1.807) is 11.8 Å². The maximum absolute atomic E-state index is 4.28. The normalized spacial score (nSPS) is 10.0. The zero-order valence-corrected chi connectivity index (χ0v) is 9.03. The summed E-state index contributed by atoms with van der Waals surface area (Å²) in [7, 11) is 0. The maximum Gasteiger partial charge on any atom is 0.0523 e. The van der Waals surface area contributed by atoms with Gasteiger partial charge in [-0.2, -0.15) is 11.8 Å². The Morgan fingerprint density at radius 1 is 1.54 bits per heavy atom. The first-order valence-electron chi connectivity index (χ1n) is 4.54. The smallest absolute Gasteiger partial charge is 0.0523 e. The number of nitrogens with zero attached hydrogens (tertiary/aromatic N) is 1. The second-order valence-electron chi connectivity index (χ2n) is 2.90. The summed E-state index contributed by atoms with van der Waals surface area (Å²) in [5.41, 5.74) is 2.33. The van der Waals surface area contributed by atoms with E-state index < -0.39 is 0 Å². The predicted octanol–water partition coefficient (Wildman–Crippen LogP) is 2.77. The third-order valence-electron chi connectivity index (χ3n) is 1.69. The molecule has 0 aliphatic heterocycles. The summed E-state index contributed by atoms with van der Waals surface area (Å²) >= 11 is 1.80. The molecule has 0 unspecified atom stereocenters. The molecule has 0 aromatic carbocycles. The van der Waals surface area contributed by atoms with E-state index >= 15 is 0 Å². The Labute approximate surface area is 84.1 Å². The van der Waals surface area contributed by atoms with Gasteiger partial charge in [0, 0.05) is 24.2 Å². The summed E-state index contributed by atoms with van der Waals surface area (Å²) in [5, 5.41) is 3.34. The van der Waals surface area contributed by atoms with Gasteiger partial charge >= 0.3 is 0 Å². The van der Waals surface area contributed by atoms with Crippen LogP contribution in [0.1, 0.15) is 19.0 Å². The highest BCUT2D eigenvalue weighted by Gasteiger charge is 1.95. The van der Waals surface area contributed by atoms with Crippen LogP contribution in [0.4, 0.5) is 5.69 Å². The molecule has 1 N–H and O–H groups in total. The minimum atomic E-state index is 0.988. The summed E-state index contributed by atoms with van der Waals surface area (Å²) in [6, 6.07) is 4.13. The number of aromatic nitrogens is 1. The molecule has 0 aliphatic rings. The van der Waals surface area contributed by atoms with Crippen LogP contribution in [0.5, 0.6) is 0 Å². The first kappa shape index (κ1) is 10.4. The summed E-state index contributed by atoms with van der Waals surface area (Å²) in [5.74, 6) is 0.988. The van der Waals surface area contributed by atoms with Crippen molar-refractivity contribution >= 4 is 17.4 Å². The number of hydrogen-bond acceptors (Lipinski definition) is 3. The summed E-state index contributed by atoms with van der Waals surface area (Å²) in [4.78, 5) is 4.28. The van der Waals surface area contributed by atoms with Crippen molar-refractivity contribution in [2.24, 2.45) is 0 Å². The Kier molecular flexibility index (Phi) is 4.68. The van der Waals surface area contributed by atoms with Crippen molar-refractivity contribution in [2.45, 2.75) is 19.1 Å². The molecular formula is C10H16N2S. The molecule has 0 spiro atoms. The lowest BCUT2D eigenvalue weighted by atomic mass is 10.3. The molecule has 0 saturated heterocycles. The van der Waals surface area contributed by atoms with Gasteiger partial charge in [0.2, 0.25) is 0 Å². The van der Waals surface area contributed by atoms with Gasteiger partial charge in [0.15, 0.2) is 0 Å². The molecule has 0 atom stereocenters. The number of hydrogen-bond donors (Lipinski definition) is 1. The highest BCUT2D eigenvalue weighted by molar-refractivity contribution is 7.97. The molecule has 72 valence electrons. The molecule has 3 heteroatoms. The number of thioether (sulfide) groups is 1. The van der Waals surface area contributed by atoms with Crippen LogP contribution in [0.25, 0.3) is 0 Å². The standard InChI is InChI=1S/C10H16N2S/c1-3-5-11-9-4-6-12-10(7-9)8-13-2/h4,6-7H,3,5,8H2,1-2H3,(H,11,12). The number of pyridine rings is 1. The maximum atomic E-state index is 4.28. The van der Waals surface area contributed by atoms with E-state index in [0.29, 0.717) is 0 Å². The van der Waals surface area contributed by atoms with E-state index in [-0.39, 0.29) is 0 Å². The van der Waals surface area contributed by atoms with Gasteiger partial charge in [0.1, 0.15) is 0 Å². The third kappa shape index (κ3) is 3.68. The second kappa shape index (κ2) is 5.86. The molecule has 1 rings (SSSR count). The van der Waals surface area contributed by atoms with Crippen LogP contribution in [-0.2, 0) is 5.75 Å².